The quantitative estimate of drug-likeness (QED) is 0.766. The fourth-order valence-electron chi connectivity index (χ4n) is 1.15. The highest BCUT2D eigenvalue weighted by Gasteiger charge is 2.18. The van der Waals surface area contributed by atoms with Gasteiger partial charge in [0.15, 0.2) is 5.76 Å². The second-order valence-electron chi connectivity index (χ2n) is 3.73. The van der Waals surface area contributed by atoms with Gasteiger partial charge in [0.1, 0.15) is 0 Å². The van der Waals surface area contributed by atoms with Gasteiger partial charge in [0.05, 0.1) is 18.2 Å². The highest BCUT2D eigenvalue weighted by atomic mass is 16.5. The molecule has 5 heteroatoms. The summed E-state index contributed by atoms with van der Waals surface area (Å²) in [6, 6.07) is 1.72. The van der Waals surface area contributed by atoms with Crippen molar-refractivity contribution in [3.8, 4) is 0 Å². The highest BCUT2D eigenvalue weighted by Crippen LogP contribution is 2.06. The second-order valence-corrected chi connectivity index (χ2v) is 3.73. The van der Waals surface area contributed by atoms with E-state index in [0.29, 0.717) is 6.54 Å². The molecule has 0 aromatic carbocycles. The van der Waals surface area contributed by atoms with E-state index in [4.69, 9.17) is 9.63 Å². The van der Waals surface area contributed by atoms with E-state index < -0.39 is 11.9 Å². The van der Waals surface area contributed by atoms with Gasteiger partial charge in [0.2, 0.25) is 0 Å². The van der Waals surface area contributed by atoms with Crippen molar-refractivity contribution in [2.45, 2.75) is 33.4 Å². The number of hydrogen-bond acceptors (Lipinski definition) is 4. The maximum Gasteiger partial charge on any atom is 0.307 e. The van der Waals surface area contributed by atoms with Crippen molar-refractivity contribution in [1.82, 2.24) is 10.5 Å². The summed E-state index contributed by atoms with van der Waals surface area (Å²) in [6.45, 7) is 5.85. The van der Waals surface area contributed by atoms with Crippen LogP contribution in [-0.2, 0) is 11.3 Å². The molecule has 0 aliphatic rings. The number of rotatable bonds is 5. The Morgan fingerprint density at radius 1 is 1.67 bits per heavy atom. The highest BCUT2D eigenvalue weighted by molar-refractivity contribution is 5.70. The normalized spacial score (nSPS) is 14.9. The average molecular weight is 212 g/mol. The number of aryl methyl sites for hydroxylation is 1. The lowest BCUT2D eigenvalue weighted by Gasteiger charge is -2.16. The van der Waals surface area contributed by atoms with Crippen LogP contribution in [0.2, 0.25) is 0 Å². The first-order valence-electron chi connectivity index (χ1n) is 4.89. The minimum Gasteiger partial charge on any atom is -0.481 e. The summed E-state index contributed by atoms with van der Waals surface area (Å²) in [5.74, 6) is -0.505. The summed E-state index contributed by atoms with van der Waals surface area (Å²) < 4.78 is 4.99. The summed E-state index contributed by atoms with van der Waals surface area (Å²) >= 11 is 0. The standard InChI is InChI=1S/C10H16N2O3/c1-6-4-9(15-12-6)5-11-8(3)7(2)10(13)14/h4,7-8,11H,5H2,1-3H3,(H,13,14). The average Bonchev–Trinajstić information content (AvgIpc) is 2.59. The minimum absolute atomic E-state index is 0.104. The van der Waals surface area contributed by atoms with Crippen LogP contribution in [0.1, 0.15) is 25.3 Å². The predicted molar refractivity (Wildman–Crippen MR) is 54.3 cm³/mol. The van der Waals surface area contributed by atoms with E-state index in [1.54, 1.807) is 6.92 Å². The van der Waals surface area contributed by atoms with E-state index in [2.05, 4.69) is 10.5 Å². The van der Waals surface area contributed by atoms with Gasteiger partial charge in [-0.3, -0.25) is 4.79 Å². The van der Waals surface area contributed by atoms with Gasteiger partial charge in [-0.25, -0.2) is 0 Å². The van der Waals surface area contributed by atoms with Gasteiger partial charge >= 0.3 is 5.97 Å². The molecule has 0 saturated heterocycles. The summed E-state index contributed by atoms with van der Waals surface area (Å²) in [4.78, 5) is 10.7. The van der Waals surface area contributed by atoms with Crippen LogP contribution in [0.4, 0.5) is 0 Å². The predicted octanol–water partition coefficient (Wildman–Crippen LogP) is 1.18. The summed E-state index contributed by atoms with van der Waals surface area (Å²) in [6.07, 6.45) is 0. The lowest BCUT2D eigenvalue weighted by atomic mass is 10.0. The zero-order valence-electron chi connectivity index (χ0n) is 9.15. The van der Waals surface area contributed by atoms with Crippen LogP contribution in [0.3, 0.4) is 0 Å². The zero-order valence-corrected chi connectivity index (χ0v) is 9.15. The number of hydrogen-bond donors (Lipinski definition) is 2. The van der Waals surface area contributed by atoms with Crippen LogP contribution in [0.15, 0.2) is 10.6 Å². The molecular formula is C10H16N2O3. The molecule has 1 aromatic heterocycles. The third kappa shape index (κ3) is 3.36. The van der Waals surface area contributed by atoms with Crippen molar-refractivity contribution in [3.63, 3.8) is 0 Å². The summed E-state index contributed by atoms with van der Waals surface area (Å²) in [7, 11) is 0. The zero-order chi connectivity index (χ0) is 11.4. The molecule has 15 heavy (non-hydrogen) atoms. The molecule has 84 valence electrons. The Hall–Kier alpha value is -1.36. The van der Waals surface area contributed by atoms with Gasteiger partial charge in [0, 0.05) is 12.1 Å². The van der Waals surface area contributed by atoms with E-state index in [0.717, 1.165) is 11.5 Å². The molecule has 2 atom stereocenters. The monoisotopic (exact) mass is 212 g/mol. The van der Waals surface area contributed by atoms with E-state index in [9.17, 15) is 4.79 Å². The van der Waals surface area contributed by atoms with Gasteiger partial charge in [-0.15, -0.1) is 0 Å². The molecule has 0 aliphatic heterocycles. The molecule has 0 spiro atoms. The topological polar surface area (TPSA) is 75.4 Å². The SMILES string of the molecule is Cc1cc(CNC(C)C(C)C(=O)O)on1. The van der Waals surface area contributed by atoms with Gasteiger partial charge < -0.3 is 14.9 Å². The van der Waals surface area contributed by atoms with Gasteiger partial charge in [-0.2, -0.15) is 0 Å². The smallest absolute Gasteiger partial charge is 0.307 e. The third-order valence-electron chi connectivity index (χ3n) is 2.41. The molecule has 2 unspecified atom stereocenters. The number of nitrogens with one attached hydrogen (secondary N) is 1. The fourth-order valence-corrected chi connectivity index (χ4v) is 1.15. The molecule has 0 aliphatic carbocycles. The Kier molecular flexibility index (Phi) is 3.85. The van der Waals surface area contributed by atoms with Crippen LogP contribution in [-0.4, -0.2) is 22.3 Å². The molecular weight excluding hydrogens is 196 g/mol. The molecule has 2 N–H and O–H groups in total. The molecule has 0 saturated carbocycles. The number of aromatic nitrogens is 1. The lowest BCUT2D eigenvalue weighted by molar-refractivity contribution is -0.141. The maximum atomic E-state index is 10.7. The fraction of sp³-hybridized carbons (Fsp3) is 0.600. The van der Waals surface area contributed by atoms with Gasteiger partial charge in [-0.05, 0) is 13.8 Å². The Morgan fingerprint density at radius 3 is 2.80 bits per heavy atom. The van der Waals surface area contributed by atoms with Crippen molar-refractivity contribution in [1.29, 1.82) is 0 Å². The Balaban J connectivity index is 2.40. The second kappa shape index (κ2) is 4.93. The van der Waals surface area contributed by atoms with Gasteiger partial charge in [0.25, 0.3) is 0 Å². The van der Waals surface area contributed by atoms with Crippen molar-refractivity contribution in [3.05, 3.63) is 17.5 Å². The van der Waals surface area contributed by atoms with Crippen molar-refractivity contribution < 1.29 is 14.4 Å². The summed E-state index contributed by atoms with van der Waals surface area (Å²) in [5, 5.41) is 15.6. The van der Waals surface area contributed by atoms with E-state index in [1.807, 2.05) is 19.9 Å². The van der Waals surface area contributed by atoms with E-state index >= 15 is 0 Å². The first-order valence-corrected chi connectivity index (χ1v) is 4.89. The van der Waals surface area contributed by atoms with E-state index in [1.165, 1.54) is 0 Å². The van der Waals surface area contributed by atoms with E-state index in [-0.39, 0.29) is 6.04 Å². The Morgan fingerprint density at radius 2 is 2.33 bits per heavy atom. The van der Waals surface area contributed by atoms with Crippen LogP contribution in [0.5, 0.6) is 0 Å². The molecule has 1 heterocycles. The number of carbonyl (C=O) groups is 1. The number of aliphatic carboxylic acids is 1. The largest absolute Gasteiger partial charge is 0.481 e. The molecule has 1 aromatic rings. The molecule has 0 bridgehead atoms. The van der Waals surface area contributed by atoms with Crippen LogP contribution < -0.4 is 5.32 Å². The van der Waals surface area contributed by atoms with Crippen LogP contribution in [0.25, 0.3) is 0 Å². The minimum atomic E-state index is -0.802. The molecule has 0 amide bonds. The molecule has 0 fully saturated rings. The molecule has 5 nitrogen and oxygen atoms in total. The maximum absolute atomic E-state index is 10.7. The lowest BCUT2D eigenvalue weighted by Crippen LogP contribution is -2.35. The number of carboxylic acid groups (broad SMARTS) is 1. The Bertz CT molecular complexity index is 335. The first kappa shape index (κ1) is 11.7. The summed E-state index contributed by atoms with van der Waals surface area (Å²) in [5.41, 5.74) is 0.825. The number of carboxylic acids is 1. The third-order valence-corrected chi connectivity index (χ3v) is 2.41. The van der Waals surface area contributed by atoms with Crippen LogP contribution >= 0.6 is 0 Å². The van der Waals surface area contributed by atoms with Crippen molar-refractivity contribution in [2.24, 2.45) is 5.92 Å². The van der Waals surface area contributed by atoms with Gasteiger partial charge in [-0.1, -0.05) is 12.1 Å². The molecule has 1 rings (SSSR count). The van der Waals surface area contributed by atoms with Crippen molar-refractivity contribution >= 4 is 5.97 Å². The van der Waals surface area contributed by atoms with Crippen molar-refractivity contribution in [2.75, 3.05) is 0 Å². The number of nitrogens with zero attached hydrogens (tertiary/aromatic N) is 1. The van der Waals surface area contributed by atoms with Crippen LogP contribution in [0, 0.1) is 12.8 Å². The molecule has 0 radical (unpaired) electrons. The first-order chi connectivity index (χ1) is 7.00. The Labute approximate surface area is 88.5 Å².